The van der Waals surface area contributed by atoms with E-state index >= 15 is 0 Å². The number of ether oxygens (including phenoxy) is 1. The topological polar surface area (TPSA) is 70.3 Å². The summed E-state index contributed by atoms with van der Waals surface area (Å²) in [6, 6.07) is 19.3. The maximum atomic E-state index is 10.9. The number of aromatic carboxylic acids is 1. The van der Waals surface area contributed by atoms with E-state index in [1.807, 2.05) is 18.2 Å². The number of nitriles is 1. The molecule has 0 fully saturated rings. The van der Waals surface area contributed by atoms with Gasteiger partial charge in [0.2, 0.25) is 0 Å². The number of hydrogen-bond acceptors (Lipinski definition) is 3. The first-order valence-corrected chi connectivity index (χ1v) is 10.5. The molecule has 0 aliphatic rings. The highest BCUT2D eigenvalue weighted by Gasteiger charge is 2.09. The van der Waals surface area contributed by atoms with Gasteiger partial charge in [0.1, 0.15) is 12.4 Å². The molecule has 0 aliphatic heterocycles. The molecular formula is C23H14Cl2INO3. The fourth-order valence-electron chi connectivity index (χ4n) is 2.67. The summed E-state index contributed by atoms with van der Waals surface area (Å²) < 4.78 is 6.73. The molecule has 1 N–H and O–H groups in total. The molecular weight excluding hydrogens is 536 g/mol. The first-order valence-electron chi connectivity index (χ1n) is 8.69. The van der Waals surface area contributed by atoms with Gasteiger partial charge < -0.3 is 9.84 Å². The van der Waals surface area contributed by atoms with Gasteiger partial charge in [0.05, 0.1) is 25.8 Å². The van der Waals surface area contributed by atoms with Crippen LogP contribution in [-0.2, 0) is 6.61 Å². The quantitative estimate of drug-likeness (QED) is 0.205. The van der Waals surface area contributed by atoms with Gasteiger partial charge in [-0.25, -0.2) is 4.79 Å². The number of rotatable bonds is 6. The van der Waals surface area contributed by atoms with Crippen LogP contribution in [0.25, 0.3) is 11.6 Å². The summed E-state index contributed by atoms with van der Waals surface area (Å²) in [7, 11) is 0. The molecule has 0 unspecified atom stereocenters. The van der Waals surface area contributed by atoms with Crippen LogP contribution in [0.2, 0.25) is 10.0 Å². The molecule has 0 heterocycles. The Labute approximate surface area is 197 Å². The van der Waals surface area contributed by atoms with Gasteiger partial charge in [-0.1, -0.05) is 47.5 Å². The predicted molar refractivity (Wildman–Crippen MR) is 127 cm³/mol. The molecule has 0 spiro atoms. The fourth-order valence-corrected chi connectivity index (χ4v) is 3.88. The molecule has 150 valence electrons. The molecule has 0 radical (unpaired) electrons. The van der Waals surface area contributed by atoms with Crippen LogP contribution in [0.4, 0.5) is 0 Å². The summed E-state index contributed by atoms with van der Waals surface area (Å²) in [5.74, 6) is -0.268. The zero-order valence-corrected chi connectivity index (χ0v) is 19.1. The molecule has 0 saturated carbocycles. The second-order valence-corrected chi connectivity index (χ2v) is 8.28. The second-order valence-electron chi connectivity index (χ2n) is 6.27. The lowest BCUT2D eigenvalue weighted by molar-refractivity contribution is 0.0697. The number of nitrogens with zero attached hydrogens (tertiary/aromatic N) is 1. The predicted octanol–water partition coefficient (Wildman–Crippen LogP) is 6.94. The Balaban J connectivity index is 1.76. The minimum Gasteiger partial charge on any atom is -0.488 e. The van der Waals surface area contributed by atoms with E-state index in [0.717, 1.165) is 14.7 Å². The van der Waals surface area contributed by atoms with E-state index in [2.05, 4.69) is 28.7 Å². The minimum absolute atomic E-state index is 0.235. The van der Waals surface area contributed by atoms with Crippen LogP contribution in [0, 0.1) is 14.9 Å². The summed E-state index contributed by atoms with van der Waals surface area (Å²) in [5.41, 5.74) is 2.98. The van der Waals surface area contributed by atoms with E-state index in [-0.39, 0.29) is 5.56 Å². The lowest BCUT2D eigenvalue weighted by Crippen LogP contribution is -1.99. The fraction of sp³-hybridized carbons (Fsp3) is 0.0435. The van der Waals surface area contributed by atoms with E-state index in [1.165, 1.54) is 0 Å². The average molecular weight is 550 g/mol. The summed E-state index contributed by atoms with van der Waals surface area (Å²) in [4.78, 5) is 10.9. The number of carbonyl (C=O) groups is 1. The zero-order chi connectivity index (χ0) is 21.7. The van der Waals surface area contributed by atoms with Crippen molar-refractivity contribution in [3.63, 3.8) is 0 Å². The molecule has 3 rings (SSSR count). The average Bonchev–Trinajstić information content (AvgIpc) is 2.72. The molecule has 0 aliphatic carbocycles. The highest BCUT2D eigenvalue weighted by molar-refractivity contribution is 14.1. The van der Waals surface area contributed by atoms with Crippen molar-refractivity contribution in [3.8, 4) is 11.8 Å². The zero-order valence-electron chi connectivity index (χ0n) is 15.4. The highest BCUT2D eigenvalue weighted by Crippen LogP contribution is 2.30. The number of carboxylic acid groups (broad SMARTS) is 1. The summed E-state index contributed by atoms with van der Waals surface area (Å²) in [6.45, 7) is 0.314. The molecule has 30 heavy (non-hydrogen) atoms. The normalized spacial score (nSPS) is 11.1. The first kappa shape index (κ1) is 22.2. The molecule has 3 aromatic rings. The standard InChI is InChI=1S/C23H14Cl2INO3/c24-18-6-7-19(20(25)11-18)17(12-27)9-15-3-8-22(21(26)10-15)30-13-14-1-4-16(5-2-14)23(28)29/h1-11H,13H2,(H,28,29)/b17-9-. The van der Waals surface area contributed by atoms with Gasteiger partial charge >= 0.3 is 5.97 Å². The molecule has 3 aromatic carbocycles. The second kappa shape index (κ2) is 9.98. The van der Waals surface area contributed by atoms with Crippen molar-refractivity contribution < 1.29 is 14.6 Å². The van der Waals surface area contributed by atoms with Gasteiger partial charge in [0, 0.05) is 10.6 Å². The minimum atomic E-state index is -0.961. The maximum absolute atomic E-state index is 10.9. The van der Waals surface area contributed by atoms with Gasteiger partial charge in [0.25, 0.3) is 0 Å². The Morgan fingerprint density at radius 2 is 1.83 bits per heavy atom. The van der Waals surface area contributed by atoms with Crippen LogP contribution in [0.5, 0.6) is 5.75 Å². The van der Waals surface area contributed by atoms with Crippen molar-refractivity contribution in [1.82, 2.24) is 0 Å². The summed E-state index contributed by atoms with van der Waals surface area (Å²) >= 11 is 14.3. The van der Waals surface area contributed by atoms with E-state index < -0.39 is 5.97 Å². The van der Waals surface area contributed by atoms with Gasteiger partial charge in [-0.2, -0.15) is 5.26 Å². The van der Waals surface area contributed by atoms with Crippen LogP contribution in [0.15, 0.2) is 60.7 Å². The van der Waals surface area contributed by atoms with Crippen molar-refractivity contribution in [2.75, 3.05) is 0 Å². The molecule has 0 saturated heterocycles. The van der Waals surface area contributed by atoms with Gasteiger partial charge in [0.15, 0.2) is 0 Å². The maximum Gasteiger partial charge on any atom is 0.335 e. The van der Waals surface area contributed by atoms with Crippen LogP contribution in [-0.4, -0.2) is 11.1 Å². The van der Waals surface area contributed by atoms with Crippen molar-refractivity contribution >= 4 is 63.4 Å². The van der Waals surface area contributed by atoms with E-state index in [9.17, 15) is 10.1 Å². The van der Waals surface area contributed by atoms with Crippen LogP contribution in [0.1, 0.15) is 27.0 Å². The number of benzene rings is 3. The third-order valence-electron chi connectivity index (χ3n) is 4.20. The Bertz CT molecular complexity index is 1170. The third kappa shape index (κ3) is 5.54. The SMILES string of the molecule is N#C/C(=C/c1ccc(OCc2ccc(C(=O)O)cc2)c(I)c1)c1ccc(Cl)cc1Cl. The lowest BCUT2D eigenvalue weighted by atomic mass is 10.0. The summed E-state index contributed by atoms with van der Waals surface area (Å²) in [5, 5.41) is 19.4. The van der Waals surface area contributed by atoms with Crippen molar-refractivity contribution in [3.05, 3.63) is 96.5 Å². The smallest absolute Gasteiger partial charge is 0.335 e. The Kier molecular flexibility index (Phi) is 7.38. The number of allylic oxidation sites excluding steroid dienone is 1. The molecule has 7 heteroatoms. The number of carboxylic acids is 1. The molecule has 0 atom stereocenters. The molecule has 0 amide bonds. The van der Waals surface area contributed by atoms with Gasteiger partial charge in [-0.05, 0) is 76.2 Å². The highest BCUT2D eigenvalue weighted by atomic mass is 127. The monoisotopic (exact) mass is 549 g/mol. The van der Waals surface area contributed by atoms with Crippen molar-refractivity contribution in [1.29, 1.82) is 5.26 Å². The molecule has 4 nitrogen and oxygen atoms in total. The van der Waals surface area contributed by atoms with Crippen molar-refractivity contribution in [2.24, 2.45) is 0 Å². The first-order chi connectivity index (χ1) is 14.4. The number of halogens is 3. The van der Waals surface area contributed by atoms with Crippen molar-refractivity contribution in [2.45, 2.75) is 6.61 Å². The van der Waals surface area contributed by atoms with Gasteiger partial charge in [-0.15, -0.1) is 0 Å². The Morgan fingerprint density at radius 3 is 2.43 bits per heavy atom. The van der Waals surface area contributed by atoms with Crippen LogP contribution >= 0.6 is 45.8 Å². The van der Waals surface area contributed by atoms with Crippen LogP contribution in [0.3, 0.4) is 0 Å². The summed E-state index contributed by atoms with van der Waals surface area (Å²) in [6.07, 6.45) is 1.76. The van der Waals surface area contributed by atoms with Gasteiger partial charge in [-0.3, -0.25) is 0 Å². The largest absolute Gasteiger partial charge is 0.488 e. The third-order valence-corrected chi connectivity index (χ3v) is 5.59. The van der Waals surface area contributed by atoms with Crippen LogP contribution < -0.4 is 4.74 Å². The van der Waals surface area contributed by atoms with E-state index in [1.54, 1.807) is 48.5 Å². The molecule has 0 aromatic heterocycles. The number of hydrogen-bond donors (Lipinski definition) is 1. The Morgan fingerprint density at radius 1 is 1.10 bits per heavy atom. The van der Waals surface area contributed by atoms with E-state index in [0.29, 0.717) is 33.5 Å². The lowest BCUT2D eigenvalue weighted by Gasteiger charge is -2.10. The van der Waals surface area contributed by atoms with E-state index in [4.69, 9.17) is 33.0 Å². The molecule has 0 bridgehead atoms. The Hall–Kier alpha value is -2.53.